The van der Waals surface area contributed by atoms with Crippen molar-refractivity contribution >= 4 is 60.7 Å². The SMILES string of the molecule is Cc1c(COc2ccc(CNCCO)c(Br)c2)cccc1-c1cccc2c(Nc3ccccc3Cl)nsc12. The molecule has 0 aliphatic heterocycles. The smallest absolute Gasteiger partial charge is 0.152 e. The van der Waals surface area contributed by atoms with E-state index in [2.05, 4.69) is 69.9 Å². The van der Waals surface area contributed by atoms with Gasteiger partial charge in [0.15, 0.2) is 5.82 Å². The van der Waals surface area contributed by atoms with Crippen LogP contribution in [0, 0.1) is 6.92 Å². The van der Waals surface area contributed by atoms with Gasteiger partial charge in [0.25, 0.3) is 0 Å². The van der Waals surface area contributed by atoms with Gasteiger partial charge in [-0.2, -0.15) is 4.37 Å². The molecule has 0 aliphatic carbocycles. The predicted molar refractivity (Wildman–Crippen MR) is 162 cm³/mol. The summed E-state index contributed by atoms with van der Waals surface area (Å²) < 4.78 is 13.0. The van der Waals surface area contributed by atoms with E-state index in [-0.39, 0.29) is 6.61 Å². The van der Waals surface area contributed by atoms with Crippen LogP contribution in [-0.4, -0.2) is 22.6 Å². The van der Waals surface area contributed by atoms with E-state index in [1.807, 2.05) is 42.5 Å². The average molecular weight is 609 g/mol. The number of hydrogen-bond donors (Lipinski definition) is 3. The molecule has 1 aromatic heterocycles. The van der Waals surface area contributed by atoms with Gasteiger partial charge in [0, 0.05) is 28.5 Å². The molecule has 0 atom stereocenters. The maximum Gasteiger partial charge on any atom is 0.152 e. The van der Waals surface area contributed by atoms with Gasteiger partial charge in [-0.15, -0.1) is 0 Å². The molecule has 0 fully saturated rings. The van der Waals surface area contributed by atoms with Crippen LogP contribution in [0.15, 0.2) is 83.3 Å². The summed E-state index contributed by atoms with van der Waals surface area (Å²) in [5.41, 5.74) is 6.57. The Morgan fingerprint density at radius 1 is 0.974 bits per heavy atom. The van der Waals surface area contributed by atoms with Gasteiger partial charge in [-0.1, -0.05) is 76.1 Å². The minimum absolute atomic E-state index is 0.120. The number of rotatable bonds is 10. The molecule has 5 aromatic rings. The molecule has 5 rings (SSSR count). The molecular weight excluding hydrogens is 582 g/mol. The first kappa shape index (κ1) is 26.7. The molecule has 5 nitrogen and oxygen atoms in total. The van der Waals surface area contributed by atoms with Crippen LogP contribution in [0.3, 0.4) is 0 Å². The van der Waals surface area contributed by atoms with Crippen LogP contribution in [0.4, 0.5) is 11.5 Å². The van der Waals surface area contributed by atoms with E-state index in [9.17, 15) is 0 Å². The number of aliphatic hydroxyl groups excluding tert-OH is 1. The first-order valence-electron chi connectivity index (χ1n) is 12.3. The van der Waals surface area contributed by atoms with E-state index in [0.717, 1.165) is 54.1 Å². The molecule has 8 heteroatoms. The summed E-state index contributed by atoms with van der Waals surface area (Å²) in [6.07, 6.45) is 0. The highest BCUT2D eigenvalue weighted by atomic mass is 79.9. The second kappa shape index (κ2) is 12.3. The largest absolute Gasteiger partial charge is 0.489 e. The molecule has 194 valence electrons. The fourth-order valence-corrected chi connectivity index (χ4v) is 5.86. The summed E-state index contributed by atoms with van der Waals surface area (Å²) >= 11 is 11.5. The number of aromatic nitrogens is 1. The van der Waals surface area contributed by atoms with Crippen molar-refractivity contribution in [3.63, 3.8) is 0 Å². The van der Waals surface area contributed by atoms with E-state index in [0.29, 0.717) is 24.7 Å². The lowest BCUT2D eigenvalue weighted by atomic mass is 9.96. The number of nitrogens with zero attached hydrogens (tertiary/aromatic N) is 1. The highest BCUT2D eigenvalue weighted by Gasteiger charge is 2.15. The molecule has 0 unspecified atom stereocenters. The fourth-order valence-electron chi connectivity index (χ4n) is 4.31. The third-order valence-corrected chi connectivity index (χ3v) is 8.35. The van der Waals surface area contributed by atoms with Crippen molar-refractivity contribution in [3.05, 3.63) is 105 Å². The second-order valence-corrected chi connectivity index (χ2v) is 10.9. The van der Waals surface area contributed by atoms with Crippen LogP contribution >= 0.6 is 39.1 Å². The fraction of sp³-hybridized carbons (Fsp3) is 0.167. The quantitative estimate of drug-likeness (QED) is 0.140. The molecule has 0 saturated carbocycles. The van der Waals surface area contributed by atoms with Crippen molar-refractivity contribution in [2.45, 2.75) is 20.1 Å². The minimum Gasteiger partial charge on any atom is -0.489 e. The third-order valence-electron chi connectivity index (χ3n) is 6.38. The van der Waals surface area contributed by atoms with Gasteiger partial charge >= 0.3 is 0 Å². The van der Waals surface area contributed by atoms with Gasteiger partial charge in [0.1, 0.15) is 12.4 Å². The number of halogens is 2. The Hall–Kier alpha value is -2.94. The summed E-state index contributed by atoms with van der Waals surface area (Å²) in [4.78, 5) is 0. The maximum atomic E-state index is 8.96. The first-order valence-corrected chi connectivity index (χ1v) is 14.2. The Kier molecular flexibility index (Phi) is 8.61. The third kappa shape index (κ3) is 5.87. The Morgan fingerprint density at radius 2 is 1.79 bits per heavy atom. The second-order valence-electron chi connectivity index (χ2n) is 8.85. The molecular formula is C30H27BrClN3O2S. The van der Waals surface area contributed by atoms with Crippen molar-refractivity contribution in [2.75, 3.05) is 18.5 Å². The van der Waals surface area contributed by atoms with Gasteiger partial charge in [0.2, 0.25) is 0 Å². The molecule has 38 heavy (non-hydrogen) atoms. The van der Waals surface area contributed by atoms with Crippen LogP contribution in [-0.2, 0) is 13.2 Å². The lowest BCUT2D eigenvalue weighted by Crippen LogP contribution is -2.17. The minimum atomic E-state index is 0.120. The van der Waals surface area contributed by atoms with E-state index < -0.39 is 0 Å². The zero-order valence-electron chi connectivity index (χ0n) is 20.8. The van der Waals surface area contributed by atoms with Gasteiger partial charge in [0.05, 0.1) is 22.0 Å². The molecule has 0 amide bonds. The van der Waals surface area contributed by atoms with Crippen molar-refractivity contribution in [1.82, 2.24) is 9.69 Å². The van der Waals surface area contributed by atoms with Crippen LogP contribution in [0.1, 0.15) is 16.7 Å². The number of para-hydroxylation sites is 1. The number of ether oxygens (including phenoxy) is 1. The van der Waals surface area contributed by atoms with Crippen LogP contribution in [0.5, 0.6) is 5.75 Å². The van der Waals surface area contributed by atoms with E-state index in [1.165, 1.54) is 17.1 Å². The monoisotopic (exact) mass is 607 g/mol. The van der Waals surface area contributed by atoms with Gasteiger partial charge in [-0.25, -0.2) is 0 Å². The van der Waals surface area contributed by atoms with Gasteiger partial charge in [-0.05, 0) is 71.0 Å². The molecule has 0 saturated heterocycles. The Morgan fingerprint density at radius 3 is 2.61 bits per heavy atom. The number of fused-ring (bicyclic) bond motifs is 1. The van der Waals surface area contributed by atoms with Gasteiger partial charge < -0.3 is 20.5 Å². The van der Waals surface area contributed by atoms with Crippen LogP contribution < -0.4 is 15.4 Å². The maximum absolute atomic E-state index is 8.96. The highest BCUT2D eigenvalue weighted by Crippen LogP contribution is 2.39. The van der Waals surface area contributed by atoms with Gasteiger partial charge in [-0.3, -0.25) is 0 Å². The molecule has 0 bridgehead atoms. The lowest BCUT2D eigenvalue weighted by molar-refractivity contribution is 0.291. The highest BCUT2D eigenvalue weighted by molar-refractivity contribution is 9.10. The van der Waals surface area contributed by atoms with E-state index in [4.69, 9.17) is 25.8 Å². The molecule has 0 aliphatic rings. The van der Waals surface area contributed by atoms with Crippen molar-refractivity contribution in [3.8, 4) is 16.9 Å². The zero-order valence-corrected chi connectivity index (χ0v) is 24.0. The molecule has 0 spiro atoms. The summed E-state index contributed by atoms with van der Waals surface area (Å²) in [5, 5.41) is 17.3. The zero-order chi connectivity index (χ0) is 26.5. The standard InChI is InChI=1S/C30H27BrClN3O2S/c1-19-21(18-37-22-13-12-20(26(31)16-22)17-33-14-15-36)6-4-7-23(19)24-8-5-9-25-29(24)38-35-30(25)34-28-11-3-2-10-27(28)32/h2-13,16,33,36H,14-15,17-18H2,1H3,(H,34,35). The first-order chi connectivity index (χ1) is 18.5. The Bertz CT molecular complexity index is 1570. The molecule has 4 aromatic carbocycles. The van der Waals surface area contributed by atoms with Crippen molar-refractivity contribution < 1.29 is 9.84 Å². The number of aliphatic hydroxyl groups is 1. The Balaban J connectivity index is 1.37. The van der Waals surface area contributed by atoms with Crippen molar-refractivity contribution in [1.29, 1.82) is 0 Å². The van der Waals surface area contributed by atoms with Crippen molar-refractivity contribution in [2.24, 2.45) is 0 Å². The number of hydrogen-bond acceptors (Lipinski definition) is 6. The number of benzene rings is 4. The molecule has 1 heterocycles. The Labute approximate surface area is 239 Å². The predicted octanol–water partition coefficient (Wildman–Crippen LogP) is 8.09. The van der Waals surface area contributed by atoms with E-state index >= 15 is 0 Å². The van der Waals surface area contributed by atoms with E-state index in [1.54, 1.807) is 0 Å². The number of anilines is 2. The number of nitrogens with one attached hydrogen (secondary N) is 2. The van der Waals surface area contributed by atoms with Crippen LogP contribution in [0.25, 0.3) is 21.2 Å². The summed E-state index contributed by atoms with van der Waals surface area (Å²) in [7, 11) is 0. The normalized spacial score (nSPS) is 11.2. The summed E-state index contributed by atoms with van der Waals surface area (Å²) in [6.45, 7) is 3.97. The average Bonchev–Trinajstić information content (AvgIpc) is 3.34. The summed E-state index contributed by atoms with van der Waals surface area (Å²) in [5.74, 6) is 1.60. The topological polar surface area (TPSA) is 66.4 Å². The summed E-state index contributed by atoms with van der Waals surface area (Å²) in [6, 6.07) is 26.3. The lowest BCUT2D eigenvalue weighted by Gasteiger charge is -2.14. The molecule has 3 N–H and O–H groups in total. The molecule has 0 radical (unpaired) electrons. The van der Waals surface area contributed by atoms with Crippen LogP contribution in [0.2, 0.25) is 5.02 Å².